The van der Waals surface area contributed by atoms with Gasteiger partial charge in [0.1, 0.15) is 22.0 Å². The molecule has 1 atom stereocenters. The van der Waals surface area contributed by atoms with Crippen LogP contribution in [0.15, 0.2) is 20.0 Å². The predicted molar refractivity (Wildman–Crippen MR) is 73.1 cm³/mol. The molecular weight excluding hydrogens is 294 g/mol. The summed E-state index contributed by atoms with van der Waals surface area (Å²) in [6.07, 6.45) is 1.52. The van der Waals surface area contributed by atoms with Gasteiger partial charge in [0.05, 0.1) is 6.04 Å². The van der Waals surface area contributed by atoms with E-state index < -0.39 is 10.0 Å². The molecule has 1 aliphatic heterocycles. The van der Waals surface area contributed by atoms with E-state index in [9.17, 15) is 8.42 Å². The van der Waals surface area contributed by atoms with Gasteiger partial charge in [0.2, 0.25) is 10.0 Å². The van der Waals surface area contributed by atoms with Gasteiger partial charge in [-0.25, -0.2) is 8.42 Å². The average Bonchev–Trinajstić information content (AvgIpc) is 3.09. The van der Waals surface area contributed by atoms with E-state index in [2.05, 4.69) is 10.3 Å². The normalized spacial score (nSPS) is 20.2. The number of aromatic nitrogens is 2. The van der Waals surface area contributed by atoms with Crippen molar-refractivity contribution in [3.63, 3.8) is 0 Å². The third-order valence-electron chi connectivity index (χ3n) is 3.73. The number of nitrogens with zero attached hydrogens (tertiary/aromatic N) is 3. The fraction of sp³-hybridized carbons (Fsp3) is 0.538. The third-order valence-corrected chi connectivity index (χ3v) is 5.88. The van der Waals surface area contributed by atoms with E-state index in [1.54, 1.807) is 26.8 Å². The number of hydrogen-bond donors (Lipinski definition) is 0. The molecule has 0 radical (unpaired) electrons. The topological polar surface area (TPSA) is 89.4 Å². The van der Waals surface area contributed by atoms with Gasteiger partial charge in [0.25, 0.3) is 0 Å². The Morgan fingerprint density at radius 1 is 1.24 bits per heavy atom. The molecule has 8 heteroatoms. The summed E-state index contributed by atoms with van der Waals surface area (Å²) in [7, 11) is -3.65. The molecule has 114 valence electrons. The molecule has 1 unspecified atom stereocenters. The van der Waals surface area contributed by atoms with E-state index in [4.69, 9.17) is 9.05 Å². The van der Waals surface area contributed by atoms with Crippen molar-refractivity contribution in [3.05, 3.63) is 29.0 Å². The first-order valence-electron chi connectivity index (χ1n) is 6.79. The molecule has 1 aliphatic rings. The quantitative estimate of drug-likeness (QED) is 0.862. The molecule has 21 heavy (non-hydrogen) atoms. The Hall–Kier alpha value is -1.67. The SMILES string of the molecule is Cc1cc(C2CCCN2S(=O)(=O)c2c(C)noc2C)no1. The van der Waals surface area contributed by atoms with Gasteiger partial charge in [-0.15, -0.1) is 0 Å². The van der Waals surface area contributed by atoms with E-state index in [0.717, 1.165) is 12.8 Å². The Morgan fingerprint density at radius 2 is 2.00 bits per heavy atom. The minimum Gasteiger partial charge on any atom is -0.361 e. The van der Waals surface area contributed by atoms with Crippen LogP contribution in [0.25, 0.3) is 0 Å². The molecular formula is C13H17N3O4S. The highest BCUT2D eigenvalue weighted by molar-refractivity contribution is 7.89. The Bertz CT molecular complexity index is 743. The van der Waals surface area contributed by atoms with Crippen LogP contribution < -0.4 is 0 Å². The fourth-order valence-corrected chi connectivity index (χ4v) is 4.79. The molecule has 0 saturated carbocycles. The van der Waals surface area contributed by atoms with E-state index in [-0.39, 0.29) is 10.9 Å². The molecule has 0 amide bonds. The lowest BCUT2D eigenvalue weighted by atomic mass is 10.1. The lowest BCUT2D eigenvalue weighted by Gasteiger charge is -2.22. The van der Waals surface area contributed by atoms with Crippen LogP contribution in [0.2, 0.25) is 0 Å². The van der Waals surface area contributed by atoms with Crippen molar-refractivity contribution in [3.8, 4) is 0 Å². The first kappa shape index (κ1) is 14.3. The van der Waals surface area contributed by atoms with Crippen molar-refractivity contribution >= 4 is 10.0 Å². The van der Waals surface area contributed by atoms with E-state index in [1.165, 1.54) is 4.31 Å². The van der Waals surface area contributed by atoms with Crippen molar-refractivity contribution in [1.82, 2.24) is 14.6 Å². The molecule has 0 bridgehead atoms. The standard InChI is InChI=1S/C13H17N3O4S/c1-8-7-11(15-19-8)12-5-4-6-16(12)21(17,18)13-9(2)14-20-10(13)3/h7,12H,4-6H2,1-3H3. The Labute approximate surface area is 122 Å². The summed E-state index contributed by atoms with van der Waals surface area (Å²) >= 11 is 0. The first-order chi connectivity index (χ1) is 9.91. The van der Waals surface area contributed by atoms with Gasteiger partial charge in [-0.05, 0) is 33.6 Å². The highest BCUT2D eigenvalue weighted by Gasteiger charge is 2.40. The first-order valence-corrected chi connectivity index (χ1v) is 8.23. The molecule has 3 rings (SSSR count). The highest BCUT2D eigenvalue weighted by atomic mass is 32.2. The van der Waals surface area contributed by atoms with Crippen LogP contribution in [0, 0.1) is 20.8 Å². The zero-order valence-corrected chi connectivity index (χ0v) is 13.0. The smallest absolute Gasteiger partial charge is 0.249 e. The number of aryl methyl sites for hydroxylation is 3. The van der Waals surface area contributed by atoms with E-state index in [1.807, 2.05) is 0 Å². The summed E-state index contributed by atoms with van der Waals surface area (Å²) in [5, 5.41) is 7.71. The number of hydrogen-bond acceptors (Lipinski definition) is 6. The molecule has 1 fully saturated rings. The second-order valence-corrected chi connectivity index (χ2v) is 7.12. The second-order valence-electron chi connectivity index (χ2n) is 5.29. The van der Waals surface area contributed by atoms with Gasteiger partial charge >= 0.3 is 0 Å². The highest BCUT2D eigenvalue weighted by Crippen LogP contribution is 2.37. The molecule has 2 aromatic rings. The van der Waals surface area contributed by atoms with Gasteiger partial charge in [-0.1, -0.05) is 10.3 Å². The third kappa shape index (κ3) is 2.28. The van der Waals surface area contributed by atoms with Crippen molar-refractivity contribution in [2.75, 3.05) is 6.54 Å². The summed E-state index contributed by atoms with van der Waals surface area (Å²) in [5.41, 5.74) is 1.04. The van der Waals surface area contributed by atoms with Crippen molar-refractivity contribution in [2.45, 2.75) is 44.6 Å². The van der Waals surface area contributed by atoms with Crippen LogP contribution in [-0.2, 0) is 10.0 Å². The second kappa shape index (κ2) is 4.96. The van der Waals surface area contributed by atoms with Gasteiger partial charge in [0.15, 0.2) is 5.76 Å². The summed E-state index contributed by atoms with van der Waals surface area (Å²) in [4.78, 5) is 0.162. The van der Waals surface area contributed by atoms with Gasteiger partial charge < -0.3 is 9.05 Å². The maximum atomic E-state index is 12.9. The maximum Gasteiger partial charge on any atom is 0.249 e. The molecule has 0 N–H and O–H groups in total. The van der Waals surface area contributed by atoms with Crippen molar-refractivity contribution < 1.29 is 17.5 Å². The van der Waals surface area contributed by atoms with E-state index >= 15 is 0 Å². The predicted octanol–water partition coefficient (Wildman–Crippen LogP) is 2.11. The Kier molecular flexibility index (Phi) is 3.37. The average molecular weight is 311 g/mol. The van der Waals surface area contributed by atoms with Crippen LogP contribution in [-0.4, -0.2) is 29.6 Å². The monoisotopic (exact) mass is 311 g/mol. The van der Waals surface area contributed by atoms with Crippen molar-refractivity contribution in [1.29, 1.82) is 0 Å². The van der Waals surface area contributed by atoms with Crippen LogP contribution in [0.1, 0.15) is 41.8 Å². The zero-order chi connectivity index (χ0) is 15.2. The summed E-state index contributed by atoms with van der Waals surface area (Å²) in [6, 6.07) is 1.49. The summed E-state index contributed by atoms with van der Waals surface area (Å²) < 4.78 is 37.3. The minimum atomic E-state index is -3.65. The lowest BCUT2D eigenvalue weighted by molar-refractivity contribution is 0.348. The van der Waals surface area contributed by atoms with Gasteiger partial charge in [0, 0.05) is 12.6 Å². The maximum absolute atomic E-state index is 12.9. The molecule has 0 spiro atoms. The summed E-state index contributed by atoms with van der Waals surface area (Å²) in [5.74, 6) is 0.987. The minimum absolute atomic E-state index is 0.162. The molecule has 0 aliphatic carbocycles. The summed E-state index contributed by atoms with van der Waals surface area (Å²) in [6.45, 7) is 5.49. The van der Waals surface area contributed by atoms with Crippen LogP contribution >= 0.6 is 0 Å². The zero-order valence-electron chi connectivity index (χ0n) is 12.2. The van der Waals surface area contributed by atoms with Crippen LogP contribution in [0.3, 0.4) is 0 Å². The Morgan fingerprint density at radius 3 is 2.57 bits per heavy atom. The molecule has 0 aromatic carbocycles. The molecule has 2 aromatic heterocycles. The fourth-order valence-electron chi connectivity index (χ4n) is 2.83. The molecule has 3 heterocycles. The molecule has 1 saturated heterocycles. The largest absolute Gasteiger partial charge is 0.361 e. The lowest BCUT2D eigenvalue weighted by Crippen LogP contribution is -2.31. The Balaban J connectivity index is 2.02. The number of sulfonamides is 1. The van der Waals surface area contributed by atoms with Crippen LogP contribution in [0.5, 0.6) is 0 Å². The van der Waals surface area contributed by atoms with E-state index in [0.29, 0.717) is 29.5 Å². The van der Waals surface area contributed by atoms with Gasteiger partial charge in [-0.3, -0.25) is 0 Å². The van der Waals surface area contributed by atoms with Crippen molar-refractivity contribution in [2.24, 2.45) is 0 Å². The van der Waals surface area contributed by atoms with Crippen LogP contribution in [0.4, 0.5) is 0 Å². The number of rotatable bonds is 3. The molecule has 7 nitrogen and oxygen atoms in total. The van der Waals surface area contributed by atoms with Gasteiger partial charge in [-0.2, -0.15) is 4.31 Å².